The topological polar surface area (TPSA) is 8.17 Å². The molecule has 1 unspecified atom stereocenters. The van der Waals surface area contributed by atoms with Crippen molar-refractivity contribution in [3.05, 3.63) is 70.9 Å². The van der Waals surface area contributed by atoms with Crippen LogP contribution < -0.4 is 0 Å². The Balaban J connectivity index is 1.84. The van der Waals surface area contributed by atoms with Gasteiger partial charge in [-0.3, -0.25) is 4.90 Å². The van der Waals surface area contributed by atoms with Crippen LogP contribution >= 0.6 is 0 Å². The van der Waals surface area contributed by atoms with Gasteiger partial charge < -0.3 is 4.57 Å². The molecule has 1 aromatic heterocycles. The van der Waals surface area contributed by atoms with Crippen LogP contribution in [0.25, 0.3) is 10.9 Å². The van der Waals surface area contributed by atoms with E-state index in [1.54, 1.807) is 6.92 Å². The van der Waals surface area contributed by atoms with Crippen molar-refractivity contribution < 1.29 is 4.39 Å². The predicted molar refractivity (Wildman–Crippen MR) is 106 cm³/mol. The number of likely N-dealkylation sites (N-methyl/N-ethyl adjacent to an activating group) is 1. The highest BCUT2D eigenvalue weighted by Gasteiger charge is 2.31. The molecule has 136 valence electrons. The van der Waals surface area contributed by atoms with E-state index in [0.29, 0.717) is 6.54 Å². The number of halogens is 1. The second-order valence-electron chi connectivity index (χ2n) is 7.71. The molecule has 0 bridgehead atoms. The van der Waals surface area contributed by atoms with E-state index in [4.69, 9.17) is 0 Å². The predicted octanol–water partition coefficient (Wildman–Crippen LogP) is 5.21. The normalized spacial score (nSPS) is 17.2. The summed E-state index contributed by atoms with van der Waals surface area (Å²) < 4.78 is 17.9. The standard InChI is InChI=1S/C23H27FN2/c1-4-25-13-12-19-20-14-17(2)10-11-21(20)26(22(19)15-25)16-23(3,24)18-8-6-5-7-9-18/h5-11,14H,4,12-13,15-16H2,1-3H3. The van der Waals surface area contributed by atoms with Crippen LogP contribution in [0.1, 0.15) is 36.2 Å². The zero-order valence-electron chi connectivity index (χ0n) is 15.9. The summed E-state index contributed by atoms with van der Waals surface area (Å²) in [4.78, 5) is 2.45. The van der Waals surface area contributed by atoms with E-state index in [2.05, 4.69) is 41.5 Å². The van der Waals surface area contributed by atoms with Crippen molar-refractivity contribution in [1.82, 2.24) is 9.47 Å². The second kappa shape index (κ2) is 6.55. The minimum atomic E-state index is -1.40. The molecule has 0 aliphatic carbocycles. The summed E-state index contributed by atoms with van der Waals surface area (Å²) in [6.07, 6.45) is 1.05. The van der Waals surface area contributed by atoms with Crippen molar-refractivity contribution in [2.45, 2.75) is 46.0 Å². The van der Waals surface area contributed by atoms with Gasteiger partial charge >= 0.3 is 0 Å². The van der Waals surface area contributed by atoms with E-state index in [0.717, 1.165) is 31.6 Å². The molecular formula is C23H27FN2. The van der Waals surface area contributed by atoms with E-state index in [-0.39, 0.29) is 0 Å². The fraction of sp³-hybridized carbons (Fsp3) is 0.391. The summed E-state index contributed by atoms with van der Waals surface area (Å²) in [5, 5.41) is 1.31. The van der Waals surface area contributed by atoms with Crippen LogP contribution in [0, 0.1) is 6.92 Å². The fourth-order valence-electron chi connectivity index (χ4n) is 4.24. The average Bonchev–Trinajstić information content (AvgIpc) is 2.94. The summed E-state index contributed by atoms with van der Waals surface area (Å²) in [5.74, 6) is 0. The Labute approximate surface area is 155 Å². The lowest BCUT2D eigenvalue weighted by atomic mass is 9.97. The molecule has 3 aromatic rings. The molecule has 0 N–H and O–H groups in total. The van der Waals surface area contributed by atoms with Gasteiger partial charge in [-0.2, -0.15) is 0 Å². The smallest absolute Gasteiger partial charge is 0.151 e. The molecule has 2 aromatic carbocycles. The molecule has 26 heavy (non-hydrogen) atoms. The minimum Gasteiger partial charge on any atom is -0.339 e. The van der Waals surface area contributed by atoms with Gasteiger partial charge in [0.2, 0.25) is 0 Å². The quantitative estimate of drug-likeness (QED) is 0.627. The van der Waals surface area contributed by atoms with Crippen LogP contribution in [0.4, 0.5) is 4.39 Å². The molecule has 0 saturated carbocycles. The Bertz CT molecular complexity index is 924. The monoisotopic (exact) mass is 350 g/mol. The molecule has 1 aliphatic heterocycles. The number of aryl methyl sites for hydroxylation is 1. The minimum absolute atomic E-state index is 0.351. The van der Waals surface area contributed by atoms with Gasteiger partial charge in [0.25, 0.3) is 0 Å². The van der Waals surface area contributed by atoms with Crippen LogP contribution in [0.5, 0.6) is 0 Å². The first-order chi connectivity index (χ1) is 12.5. The highest BCUT2D eigenvalue weighted by atomic mass is 19.1. The third-order valence-corrected chi connectivity index (χ3v) is 5.77. The van der Waals surface area contributed by atoms with Crippen molar-refractivity contribution in [1.29, 1.82) is 0 Å². The zero-order valence-corrected chi connectivity index (χ0v) is 15.9. The van der Waals surface area contributed by atoms with Crippen molar-refractivity contribution >= 4 is 10.9 Å². The molecule has 0 amide bonds. The lowest BCUT2D eigenvalue weighted by Crippen LogP contribution is -2.32. The summed E-state index contributed by atoms with van der Waals surface area (Å²) in [7, 11) is 0. The van der Waals surface area contributed by atoms with Crippen LogP contribution in [0.2, 0.25) is 0 Å². The molecular weight excluding hydrogens is 323 g/mol. The molecule has 2 nitrogen and oxygen atoms in total. The Morgan fingerprint density at radius 3 is 2.62 bits per heavy atom. The lowest BCUT2D eigenvalue weighted by Gasteiger charge is -2.29. The fourth-order valence-corrected chi connectivity index (χ4v) is 4.24. The van der Waals surface area contributed by atoms with E-state index in [1.165, 1.54) is 27.7 Å². The van der Waals surface area contributed by atoms with Gasteiger partial charge in [0, 0.05) is 29.7 Å². The van der Waals surface area contributed by atoms with Gasteiger partial charge in [-0.15, -0.1) is 0 Å². The largest absolute Gasteiger partial charge is 0.339 e. The van der Waals surface area contributed by atoms with E-state index < -0.39 is 5.67 Å². The molecule has 1 atom stereocenters. The van der Waals surface area contributed by atoms with Crippen molar-refractivity contribution in [2.75, 3.05) is 13.1 Å². The molecule has 1 aliphatic rings. The van der Waals surface area contributed by atoms with Crippen LogP contribution in [0.15, 0.2) is 48.5 Å². The average molecular weight is 350 g/mol. The van der Waals surface area contributed by atoms with Crippen LogP contribution in [-0.2, 0) is 25.2 Å². The van der Waals surface area contributed by atoms with E-state index in [9.17, 15) is 0 Å². The molecule has 0 fully saturated rings. The first kappa shape index (κ1) is 17.3. The molecule has 2 heterocycles. The Morgan fingerprint density at radius 2 is 1.88 bits per heavy atom. The third-order valence-electron chi connectivity index (χ3n) is 5.77. The first-order valence-corrected chi connectivity index (χ1v) is 9.57. The number of rotatable bonds is 4. The van der Waals surface area contributed by atoms with E-state index >= 15 is 4.39 Å². The first-order valence-electron chi connectivity index (χ1n) is 9.57. The van der Waals surface area contributed by atoms with E-state index in [1.807, 2.05) is 30.3 Å². The molecule has 4 rings (SSSR count). The molecule has 0 saturated heterocycles. The summed E-state index contributed by atoms with van der Waals surface area (Å²) in [6, 6.07) is 16.1. The maximum Gasteiger partial charge on any atom is 0.151 e. The summed E-state index contributed by atoms with van der Waals surface area (Å²) >= 11 is 0. The third kappa shape index (κ3) is 2.95. The van der Waals surface area contributed by atoms with Gasteiger partial charge in [-0.25, -0.2) is 4.39 Å². The SMILES string of the molecule is CCN1CCc2c(n(CC(C)(F)c3ccccc3)c3ccc(C)cc23)C1. The molecule has 0 spiro atoms. The van der Waals surface area contributed by atoms with Gasteiger partial charge in [-0.1, -0.05) is 48.9 Å². The second-order valence-corrected chi connectivity index (χ2v) is 7.71. The highest BCUT2D eigenvalue weighted by molar-refractivity contribution is 5.86. The van der Waals surface area contributed by atoms with Crippen molar-refractivity contribution in [2.24, 2.45) is 0 Å². The maximum atomic E-state index is 15.7. The number of nitrogens with zero attached hydrogens (tertiary/aromatic N) is 2. The number of benzene rings is 2. The number of hydrogen-bond acceptors (Lipinski definition) is 1. The highest BCUT2D eigenvalue weighted by Crippen LogP contribution is 2.35. The molecule has 3 heteroatoms. The number of fused-ring (bicyclic) bond motifs is 3. The van der Waals surface area contributed by atoms with Crippen molar-refractivity contribution in [3.8, 4) is 0 Å². The molecule has 0 radical (unpaired) electrons. The maximum absolute atomic E-state index is 15.7. The number of alkyl halides is 1. The van der Waals surface area contributed by atoms with Crippen LogP contribution in [-0.4, -0.2) is 22.6 Å². The van der Waals surface area contributed by atoms with Crippen molar-refractivity contribution in [3.63, 3.8) is 0 Å². The Hall–Kier alpha value is -2.13. The Kier molecular flexibility index (Phi) is 4.36. The van der Waals surface area contributed by atoms with Gasteiger partial charge in [-0.05, 0) is 50.1 Å². The summed E-state index contributed by atoms with van der Waals surface area (Å²) in [6.45, 7) is 9.41. The van der Waals surface area contributed by atoms with Gasteiger partial charge in [0.1, 0.15) is 0 Å². The lowest BCUT2D eigenvalue weighted by molar-refractivity contribution is 0.159. The van der Waals surface area contributed by atoms with Crippen LogP contribution in [0.3, 0.4) is 0 Å². The van der Waals surface area contributed by atoms with Gasteiger partial charge in [0.15, 0.2) is 5.67 Å². The Morgan fingerprint density at radius 1 is 1.12 bits per heavy atom. The zero-order chi connectivity index (χ0) is 18.3. The van der Waals surface area contributed by atoms with Gasteiger partial charge in [0.05, 0.1) is 6.54 Å². The summed E-state index contributed by atoms with van der Waals surface area (Å²) in [5.41, 5.74) is 4.47. The number of aromatic nitrogens is 1. The number of hydrogen-bond donors (Lipinski definition) is 0.